The van der Waals surface area contributed by atoms with Crippen molar-refractivity contribution in [2.75, 3.05) is 32.6 Å². The SMILES string of the molecule is COC(=O)N[C@H](C(=O)N1CCC[C@H]1C(=O)Nc1cccc(-c2ccc3c(c2)C(F)(F)c2cc(-c4cnc([C@@H]5CCCN5C(=O)[C@@H](NC(=O)OC)C(C)C)[nH]4)ccc2-3)c1)C(C)C. The molecule has 3 aromatic carbocycles. The zero-order valence-corrected chi connectivity index (χ0v) is 35.0. The Balaban J connectivity index is 1.07. The zero-order chi connectivity index (χ0) is 43.7. The van der Waals surface area contributed by atoms with Gasteiger partial charge in [-0.1, -0.05) is 64.1 Å². The molecule has 1 aliphatic carbocycles. The van der Waals surface area contributed by atoms with Crippen LogP contribution in [0.3, 0.4) is 0 Å². The van der Waals surface area contributed by atoms with E-state index >= 15 is 8.78 Å². The summed E-state index contributed by atoms with van der Waals surface area (Å²) in [6, 6.07) is 14.0. The van der Waals surface area contributed by atoms with Gasteiger partial charge in [0.15, 0.2) is 0 Å². The molecule has 2 saturated heterocycles. The highest BCUT2D eigenvalue weighted by Crippen LogP contribution is 2.52. The fourth-order valence-corrected chi connectivity index (χ4v) is 8.60. The molecule has 1 aromatic heterocycles. The second-order valence-corrected chi connectivity index (χ2v) is 16.4. The third kappa shape index (κ3) is 8.40. The van der Waals surface area contributed by atoms with Gasteiger partial charge in [0, 0.05) is 35.5 Å². The fraction of sp³-hybridized carbons (Fsp3) is 0.422. The molecule has 61 heavy (non-hydrogen) atoms. The molecule has 3 heterocycles. The summed E-state index contributed by atoms with van der Waals surface area (Å²) in [4.78, 5) is 75.7. The summed E-state index contributed by atoms with van der Waals surface area (Å²) in [6.45, 7) is 8.12. The zero-order valence-electron chi connectivity index (χ0n) is 35.0. The van der Waals surface area contributed by atoms with Crippen molar-refractivity contribution < 1.29 is 42.2 Å². The van der Waals surface area contributed by atoms with Gasteiger partial charge in [-0.25, -0.2) is 14.6 Å². The number of carbonyl (C=O) groups excluding carboxylic acids is 5. The molecule has 0 spiro atoms. The number of nitrogens with one attached hydrogen (secondary N) is 4. The maximum atomic E-state index is 16.5. The number of aromatic nitrogens is 2. The number of H-pyrrole nitrogens is 1. The number of aromatic amines is 1. The number of anilines is 1. The lowest BCUT2D eigenvalue weighted by Crippen LogP contribution is -2.54. The third-order valence-corrected chi connectivity index (χ3v) is 11.8. The molecule has 5 amide bonds. The van der Waals surface area contributed by atoms with Gasteiger partial charge in [0.25, 0.3) is 5.92 Å². The first-order valence-electron chi connectivity index (χ1n) is 20.6. The van der Waals surface area contributed by atoms with Crippen molar-refractivity contribution in [3.8, 4) is 33.5 Å². The van der Waals surface area contributed by atoms with Crippen LogP contribution >= 0.6 is 0 Å². The normalized spacial score (nSPS) is 18.7. The number of rotatable bonds is 11. The Labute approximate surface area is 352 Å². The summed E-state index contributed by atoms with van der Waals surface area (Å²) >= 11 is 0. The van der Waals surface area contributed by atoms with Gasteiger partial charge in [0.05, 0.1) is 32.2 Å². The van der Waals surface area contributed by atoms with Crippen molar-refractivity contribution in [3.63, 3.8) is 0 Å². The monoisotopic (exact) mass is 839 g/mol. The van der Waals surface area contributed by atoms with Gasteiger partial charge in [0.2, 0.25) is 17.7 Å². The minimum atomic E-state index is -3.33. The maximum absolute atomic E-state index is 16.5. The van der Waals surface area contributed by atoms with Crippen molar-refractivity contribution in [2.24, 2.45) is 11.8 Å². The molecule has 0 radical (unpaired) electrons. The van der Waals surface area contributed by atoms with Gasteiger partial charge in [-0.15, -0.1) is 0 Å². The number of methoxy groups -OCH3 is 2. The van der Waals surface area contributed by atoms with Crippen LogP contribution in [0.1, 0.15) is 76.4 Å². The average molecular weight is 840 g/mol. The van der Waals surface area contributed by atoms with Crippen molar-refractivity contribution in [3.05, 3.63) is 83.8 Å². The molecular weight excluding hydrogens is 789 g/mol. The van der Waals surface area contributed by atoms with Crippen LogP contribution in [-0.4, -0.2) is 95.1 Å². The Hall–Kier alpha value is -6.32. The van der Waals surface area contributed by atoms with Crippen molar-refractivity contribution in [1.82, 2.24) is 30.4 Å². The third-order valence-electron chi connectivity index (χ3n) is 11.8. The molecule has 4 N–H and O–H groups in total. The van der Waals surface area contributed by atoms with Crippen LogP contribution in [0, 0.1) is 11.8 Å². The number of nitrogens with zero attached hydrogens (tertiary/aromatic N) is 3. The molecule has 322 valence electrons. The number of alkyl halides is 2. The van der Waals surface area contributed by atoms with E-state index in [2.05, 4.69) is 25.9 Å². The van der Waals surface area contributed by atoms with E-state index in [-0.39, 0.29) is 46.7 Å². The first kappa shape index (κ1) is 42.8. The lowest BCUT2D eigenvalue weighted by atomic mass is 9.98. The number of fused-ring (bicyclic) bond motifs is 3. The van der Waals surface area contributed by atoms with Crippen LogP contribution in [0.15, 0.2) is 66.9 Å². The van der Waals surface area contributed by atoms with Gasteiger partial charge in [0.1, 0.15) is 23.9 Å². The van der Waals surface area contributed by atoms with Gasteiger partial charge >= 0.3 is 12.2 Å². The number of alkyl carbamates (subject to hydrolysis) is 2. The van der Waals surface area contributed by atoms with Crippen molar-refractivity contribution in [1.29, 1.82) is 0 Å². The summed E-state index contributed by atoms with van der Waals surface area (Å²) in [6.07, 6.45) is 2.60. The van der Waals surface area contributed by atoms with Crippen LogP contribution in [0.25, 0.3) is 33.5 Å². The van der Waals surface area contributed by atoms with Crippen LogP contribution in [0.5, 0.6) is 0 Å². The molecule has 16 heteroatoms. The number of ether oxygens (including phenoxy) is 2. The van der Waals surface area contributed by atoms with Crippen molar-refractivity contribution >= 4 is 35.6 Å². The topological polar surface area (TPSA) is 175 Å². The standard InChI is InChI=1S/C45H51F2N7O7/c1-24(2)37(51-43(58)60-5)41(56)53-18-8-12-35(53)39-48-23-34(50-39)28-15-17-31-30-16-14-27(21-32(30)45(46,47)33(31)22-28)26-10-7-11-29(20-26)49-40(55)36-13-9-19-54(36)42(57)38(25(3)4)52-44(59)61-6/h7,10-11,14-17,20-25,35-38H,8-9,12-13,18-19H2,1-6H3,(H,48,50)(H,49,55)(H,51,58)(H,52,59)/t35-,36-,37-,38-/m0/s1. The van der Waals surface area contributed by atoms with E-state index in [1.54, 1.807) is 73.5 Å². The molecule has 0 saturated carbocycles. The number of carbonyl (C=O) groups is 5. The minimum Gasteiger partial charge on any atom is -0.453 e. The lowest BCUT2D eigenvalue weighted by molar-refractivity contribution is -0.139. The van der Waals surface area contributed by atoms with E-state index in [0.717, 1.165) is 6.42 Å². The molecule has 0 unspecified atom stereocenters. The molecule has 4 atom stereocenters. The van der Waals surface area contributed by atoms with Crippen LogP contribution in [0.2, 0.25) is 0 Å². The molecule has 7 rings (SSSR count). The first-order valence-corrected chi connectivity index (χ1v) is 20.6. The van der Waals surface area contributed by atoms with E-state index < -0.39 is 36.2 Å². The summed E-state index contributed by atoms with van der Waals surface area (Å²) in [5.41, 5.74) is 3.17. The molecule has 2 aliphatic heterocycles. The van der Waals surface area contributed by atoms with E-state index in [0.29, 0.717) is 77.4 Å². The van der Waals surface area contributed by atoms with Gasteiger partial charge < -0.3 is 40.2 Å². The maximum Gasteiger partial charge on any atom is 0.407 e. The highest BCUT2D eigenvalue weighted by Gasteiger charge is 2.45. The second kappa shape index (κ2) is 17.3. The number of likely N-dealkylation sites (tertiary alicyclic amines) is 2. The molecule has 2 fully saturated rings. The largest absolute Gasteiger partial charge is 0.453 e. The number of imidazole rings is 1. The quantitative estimate of drug-likeness (QED) is 0.123. The molecule has 3 aliphatic rings. The lowest BCUT2D eigenvalue weighted by Gasteiger charge is -2.30. The number of hydrogen-bond acceptors (Lipinski definition) is 8. The average Bonchev–Trinajstić information content (AvgIpc) is 4.07. The predicted octanol–water partition coefficient (Wildman–Crippen LogP) is 7.22. The van der Waals surface area contributed by atoms with Crippen molar-refractivity contribution in [2.45, 2.75) is 83.5 Å². The van der Waals surface area contributed by atoms with Gasteiger partial charge in [-0.05, 0) is 84.0 Å². The van der Waals surface area contributed by atoms with E-state index in [4.69, 9.17) is 9.47 Å². The highest BCUT2D eigenvalue weighted by molar-refractivity contribution is 5.99. The predicted molar refractivity (Wildman–Crippen MR) is 223 cm³/mol. The van der Waals surface area contributed by atoms with Gasteiger partial charge in [-0.3, -0.25) is 14.4 Å². The Morgan fingerprint density at radius 1 is 0.754 bits per heavy atom. The fourth-order valence-electron chi connectivity index (χ4n) is 8.60. The number of halogens is 2. The minimum absolute atomic E-state index is 0.141. The molecule has 0 bridgehead atoms. The second-order valence-electron chi connectivity index (χ2n) is 16.4. The first-order chi connectivity index (χ1) is 29.1. The summed E-state index contributed by atoms with van der Waals surface area (Å²) in [5, 5.41) is 8.13. The summed E-state index contributed by atoms with van der Waals surface area (Å²) < 4.78 is 42.4. The highest BCUT2D eigenvalue weighted by atomic mass is 19.3. The Kier molecular flexibility index (Phi) is 12.2. The van der Waals surface area contributed by atoms with Crippen LogP contribution in [-0.2, 0) is 29.8 Å². The molecule has 4 aromatic rings. The summed E-state index contributed by atoms with van der Waals surface area (Å²) in [5.74, 6) is -4.24. The van der Waals surface area contributed by atoms with E-state index in [1.807, 2.05) is 13.8 Å². The van der Waals surface area contributed by atoms with Gasteiger partial charge in [-0.2, -0.15) is 8.78 Å². The van der Waals surface area contributed by atoms with Crippen LogP contribution < -0.4 is 16.0 Å². The molecule has 14 nitrogen and oxygen atoms in total. The Morgan fingerprint density at radius 3 is 1.93 bits per heavy atom. The number of amides is 5. The number of benzene rings is 3. The Bertz CT molecular complexity index is 2350. The molecular formula is C45H51F2N7O7. The summed E-state index contributed by atoms with van der Waals surface area (Å²) in [7, 11) is 2.46. The van der Waals surface area contributed by atoms with E-state index in [9.17, 15) is 24.0 Å². The van der Waals surface area contributed by atoms with E-state index in [1.165, 1.54) is 31.3 Å². The van der Waals surface area contributed by atoms with Crippen LogP contribution in [0.4, 0.5) is 24.1 Å². The Morgan fingerprint density at radius 2 is 1.31 bits per heavy atom. The smallest absolute Gasteiger partial charge is 0.407 e. The number of hydrogen-bond donors (Lipinski definition) is 4.